The Morgan fingerprint density at radius 1 is 1.33 bits per heavy atom. The summed E-state index contributed by atoms with van der Waals surface area (Å²) in [5.74, 6) is 0. The summed E-state index contributed by atoms with van der Waals surface area (Å²) in [6.45, 7) is 2.17. The Labute approximate surface area is 121 Å². The molecule has 1 aliphatic rings. The van der Waals surface area contributed by atoms with Crippen molar-refractivity contribution in [3.05, 3.63) is 50.9 Å². The van der Waals surface area contributed by atoms with E-state index < -0.39 is 0 Å². The third-order valence-electron chi connectivity index (χ3n) is 3.79. The molecule has 0 aliphatic heterocycles. The van der Waals surface area contributed by atoms with Gasteiger partial charge in [0.25, 0.3) is 0 Å². The van der Waals surface area contributed by atoms with Gasteiger partial charge in [0, 0.05) is 27.2 Å². The molecule has 1 aromatic heterocycles. The van der Waals surface area contributed by atoms with Crippen LogP contribution in [0.1, 0.15) is 35.7 Å². The van der Waals surface area contributed by atoms with Gasteiger partial charge in [0.1, 0.15) is 0 Å². The molecular weight excluding hydrogens is 335 g/mol. The number of benzene rings is 1. The van der Waals surface area contributed by atoms with E-state index in [4.69, 9.17) is 5.73 Å². The van der Waals surface area contributed by atoms with E-state index in [0.29, 0.717) is 0 Å². The molecule has 94 valence electrons. The molecule has 0 amide bonds. The van der Waals surface area contributed by atoms with Crippen LogP contribution in [0.15, 0.2) is 30.5 Å². The van der Waals surface area contributed by atoms with Crippen molar-refractivity contribution in [1.82, 2.24) is 4.57 Å². The summed E-state index contributed by atoms with van der Waals surface area (Å²) < 4.78 is 3.60. The Bertz CT molecular complexity index is 586. The fourth-order valence-corrected chi connectivity index (χ4v) is 3.27. The van der Waals surface area contributed by atoms with Crippen molar-refractivity contribution < 1.29 is 0 Å². The molecule has 2 aromatic rings. The minimum Gasteiger partial charge on any atom is -0.324 e. The van der Waals surface area contributed by atoms with Crippen molar-refractivity contribution in [3.63, 3.8) is 0 Å². The van der Waals surface area contributed by atoms with Crippen molar-refractivity contribution in [2.45, 2.75) is 32.2 Å². The molecule has 3 rings (SSSR count). The van der Waals surface area contributed by atoms with E-state index >= 15 is 0 Å². The zero-order valence-electron chi connectivity index (χ0n) is 10.5. The Hall–Kier alpha value is -0.810. The maximum Gasteiger partial charge on any atom is 0.0492 e. The first-order valence-corrected chi connectivity index (χ1v) is 7.47. The van der Waals surface area contributed by atoms with E-state index in [-0.39, 0.29) is 6.04 Å². The molecule has 0 fully saturated rings. The number of rotatable bonds is 1. The predicted octanol–water partition coefficient (Wildman–Crippen LogP) is 3.73. The first kappa shape index (κ1) is 12.2. The summed E-state index contributed by atoms with van der Waals surface area (Å²) in [5, 5.41) is 0. The minimum atomic E-state index is 0.220. The van der Waals surface area contributed by atoms with Gasteiger partial charge >= 0.3 is 0 Å². The molecule has 2 N–H and O–H groups in total. The molecule has 3 heteroatoms. The van der Waals surface area contributed by atoms with Crippen LogP contribution in [0.25, 0.3) is 5.69 Å². The van der Waals surface area contributed by atoms with Crippen molar-refractivity contribution >= 4 is 22.6 Å². The van der Waals surface area contributed by atoms with Crippen LogP contribution in [0, 0.1) is 10.5 Å². The Morgan fingerprint density at radius 2 is 2.17 bits per heavy atom. The topological polar surface area (TPSA) is 30.9 Å². The van der Waals surface area contributed by atoms with Gasteiger partial charge in [-0.2, -0.15) is 0 Å². The van der Waals surface area contributed by atoms with Gasteiger partial charge in [0.2, 0.25) is 0 Å². The number of nitrogens with zero attached hydrogens (tertiary/aromatic N) is 1. The Morgan fingerprint density at radius 3 is 3.00 bits per heavy atom. The Kier molecular flexibility index (Phi) is 3.20. The van der Waals surface area contributed by atoms with Gasteiger partial charge in [0.15, 0.2) is 0 Å². The highest BCUT2D eigenvalue weighted by molar-refractivity contribution is 14.1. The average molecular weight is 352 g/mol. The van der Waals surface area contributed by atoms with Gasteiger partial charge < -0.3 is 10.3 Å². The van der Waals surface area contributed by atoms with Crippen LogP contribution in [-0.4, -0.2) is 4.57 Å². The largest absolute Gasteiger partial charge is 0.324 e. The highest BCUT2D eigenvalue weighted by atomic mass is 127. The second-order valence-corrected chi connectivity index (χ2v) is 6.26. The lowest BCUT2D eigenvalue weighted by molar-refractivity contribution is 0.560. The molecule has 0 bridgehead atoms. The van der Waals surface area contributed by atoms with Gasteiger partial charge in [-0.3, -0.25) is 0 Å². The van der Waals surface area contributed by atoms with Crippen LogP contribution in [0.4, 0.5) is 0 Å². The minimum absolute atomic E-state index is 0.220. The number of fused-ring (bicyclic) bond motifs is 1. The van der Waals surface area contributed by atoms with E-state index in [9.17, 15) is 0 Å². The van der Waals surface area contributed by atoms with Crippen molar-refractivity contribution in [3.8, 4) is 5.69 Å². The molecular formula is C15H17IN2. The second kappa shape index (κ2) is 4.70. The predicted molar refractivity (Wildman–Crippen MR) is 83.1 cm³/mol. The second-order valence-electron chi connectivity index (χ2n) is 5.02. The van der Waals surface area contributed by atoms with E-state index in [2.05, 4.69) is 64.5 Å². The zero-order chi connectivity index (χ0) is 12.7. The summed E-state index contributed by atoms with van der Waals surface area (Å²) in [7, 11) is 0. The van der Waals surface area contributed by atoms with Crippen molar-refractivity contribution in [2.24, 2.45) is 5.73 Å². The average Bonchev–Trinajstić information content (AvgIpc) is 2.77. The molecule has 18 heavy (non-hydrogen) atoms. The zero-order valence-corrected chi connectivity index (χ0v) is 12.6. The molecule has 1 unspecified atom stereocenters. The monoisotopic (exact) mass is 352 g/mol. The summed E-state index contributed by atoms with van der Waals surface area (Å²) in [6, 6.07) is 9.00. The summed E-state index contributed by atoms with van der Waals surface area (Å²) >= 11 is 2.37. The number of aryl methyl sites for hydroxylation is 1. The van der Waals surface area contributed by atoms with Crippen LogP contribution < -0.4 is 5.73 Å². The molecule has 0 spiro atoms. The summed E-state index contributed by atoms with van der Waals surface area (Å²) in [6.07, 6.45) is 5.62. The van der Waals surface area contributed by atoms with Crippen LogP contribution >= 0.6 is 22.6 Å². The van der Waals surface area contributed by atoms with E-state index in [1.165, 1.54) is 32.5 Å². The van der Waals surface area contributed by atoms with Crippen LogP contribution in [-0.2, 0) is 6.42 Å². The van der Waals surface area contributed by atoms with E-state index in [0.717, 1.165) is 12.8 Å². The molecule has 1 atom stereocenters. The van der Waals surface area contributed by atoms with Crippen molar-refractivity contribution in [2.75, 3.05) is 0 Å². The highest BCUT2D eigenvalue weighted by Crippen LogP contribution is 2.31. The molecule has 0 saturated heterocycles. The molecule has 1 aromatic carbocycles. The number of nitrogens with two attached hydrogens (primary N) is 1. The lowest BCUT2D eigenvalue weighted by Crippen LogP contribution is -2.18. The molecule has 0 radical (unpaired) electrons. The first-order chi connectivity index (χ1) is 8.66. The summed E-state index contributed by atoms with van der Waals surface area (Å²) in [5.41, 5.74) is 11.5. The number of hydrogen-bond donors (Lipinski definition) is 1. The normalized spacial score (nSPS) is 18.7. The van der Waals surface area contributed by atoms with Gasteiger partial charge in [-0.15, -0.1) is 0 Å². The number of hydrogen-bond acceptors (Lipinski definition) is 1. The van der Waals surface area contributed by atoms with Gasteiger partial charge in [-0.1, -0.05) is 6.07 Å². The fourth-order valence-electron chi connectivity index (χ4n) is 2.80. The lowest BCUT2D eigenvalue weighted by Gasteiger charge is -2.21. The molecule has 1 aliphatic carbocycles. The SMILES string of the molecule is Cc1ccc(I)cc1-n1ccc2c1CCCC2N. The van der Waals surface area contributed by atoms with Crippen LogP contribution in [0.3, 0.4) is 0 Å². The maximum absolute atomic E-state index is 6.19. The number of halogens is 1. The Balaban J connectivity index is 2.15. The van der Waals surface area contributed by atoms with Crippen LogP contribution in [0.2, 0.25) is 0 Å². The number of aromatic nitrogens is 1. The fraction of sp³-hybridized carbons (Fsp3) is 0.333. The standard InChI is InChI=1S/C15H17IN2/c1-10-5-6-11(16)9-15(10)18-8-7-12-13(17)3-2-4-14(12)18/h5-9,13H,2-4,17H2,1H3. The summed E-state index contributed by atoms with van der Waals surface area (Å²) in [4.78, 5) is 0. The third kappa shape index (κ3) is 1.99. The van der Waals surface area contributed by atoms with Crippen LogP contribution in [0.5, 0.6) is 0 Å². The van der Waals surface area contributed by atoms with Crippen molar-refractivity contribution in [1.29, 1.82) is 0 Å². The van der Waals surface area contributed by atoms with Gasteiger partial charge in [0.05, 0.1) is 0 Å². The lowest BCUT2D eigenvalue weighted by atomic mass is 9.93. The molecule has 1 heterocycles. The smallest absolute Gasteiger partial charge is 0.0492 e. The molecule has 2 nitrogen and oxygen atoms in total. The highest BCUT2D eigenvalue weighted by Gasteiger charge is 2.21. The van der Waals surface area contributed by atoms with E-state index in [1.54, 1.807) is 0 Å². The quantitative estimate of drug-likeness (QED) is 0.779. The maximum atomic E-state index is 6.19. The third-order valence-corrected chi connectivity index (χ3v) is 4.46. The first-order valence-electron chi connectivity index (χ1n) is 6.39. The van der Waals surface area contributed by atoms with E-state index in [1.807, 2.05) is 0 Å². The van der Waals surface area contributed by atoms with Gasteiger partial charge in [-0.25, -0.2) is 0 Å². The van der Waals surface area contributed by atoms with Gasteiger partial charge in [-0.05, 0) is 78.1 Å². The molecule has 0 saturated carbocycles.